The molecule has 0 heterocycles. The number of rotatable bonds is 5. The quantitative estimate of drug-likeness (QED) is 0.226. The lowest BCUT2D eigenvalue weighted by Crippen LogP contribution is -2.09. The minimum atomic E-state index is -0.543. The Labute approximate surface area is 166 Å². The first-order valence-electron chi connectivity index (χ1n) is 8.08. The van der Waals surface area contributed by atoms with E-state index < -0.39 is 5.97 Å². The van der Waals surface area contributed by atoms with Crippen LogP contribution in [-0.2, 0) is 0 Å². The maximum absolute atomic E-state index is 12.2. The van der Waals surface area contributed by atoms with Gasteiger partial charge >= 0.3 is 5.97 Å². The van der Waals surface area contributed by atoms with Crippen molar-refractivity contribution in [1.29, 1.82) is 0 Å². The topological polar surface area (TPSA) is 43.4 Å². The normalized spacial score (nSPS) is 10.7. The molecular formula is C22H14Cl2O3. The summed E-state index contributed by atoms with van der Waals surface area (Å²) in [4.78, 5) is 24.4. The molecule has 0 saturated carbocycles. The monoisotopic (exact) mass is 396 g/mol. The second kappa shape index (κ2) is 8.67. The molecule has 0 aliphatic carbocycles. The van der Waals surface area contributed by atoms with Crippen molar-refractivity contribution in [1.82, 2.24) is 0 Å². The van der Waals surface area contributed by atoms with Gasteiger partial charge in [-0.1, -0.05) is 53.5 Å². The van der Waals surface area contributed by atoms with Crippen LogP contribution in [0.5, 0.6) is 5.75 Å². The highest BCUT2D eigenvalue weighted by Crippen LogP contribution is 2.20. The molecule has 3 aromatic rings. The molecule has 0 unspecified atom stereocenters. The number of carbonyl (C=O) groups is 2. The molecule has 0 aliphatic rings. The van der Waals surface area contributed by atoms with Crippen LogP contribution in [0.2, 0.25) is 10.0 Å². The van der Waals surface area contributed by atoms with Gasteiger partial charge in [-0.3, -0.25) is 4.79 Å². The molecule has 0 radical (unpaired) electrons. The summed E-state index contributed by atoms with van der Waals surface area (Å²) < 4.78 is 5.37. The summed E-state index contributed by atoms with van der Waals surface area (Å²) in [6.07, 6.45) is 3.11. The third-order valence-electron chi connectivity index (χ3n) is 3.72. The fourth-order valence-electron chi connectivity index (χ4n) is 2.35. The van der Waals surface area contributed by atoms with Crippen molar-refractivity contribution in [2.75, 3.05) is 0 Å². The Morgan fingerprint density at radius 3 is 2.33 bits per heavy atom. The molecule has 5 heteroatoms. The first kappa shape index (κ1) is 18.9. The van der Waals surface area contributed by atoms with E-state index >= 15 is 0 Å². The van der Waals surface area contributed by atoms with E-state index in [1.807, 2.05) is 0 Å². The largest absolute Gasteiger partial charge is 0.423 e. The number of benzene rings is 3. The van der Waals surface area contributed by atoms with Crippen LogP contribution in [0.4, 0.5) is 0 Å². The smallest absolute Gasteiger partial charge is 0.345 e. The van der Waals surface area contributed by atoms with Crippen molar-refractivity contribution >= 4 is 41.0 Å². The number of hydrogen-bond acceptors (Lipinski definition) is 3. The van der Waals surface area contributed by atoms with E-state index in [1.54, 1.807) is 78.9 Å². The maximum atomic E-state index is 12.2. The molecule has 3 aromatic carbocycles. The van der Waals surface area contributed by atoms with Gasteiger partial charge in [0.25, 0.3) is 0 Å². The third-order valence-corrected chi connectivity index (χ3v) is 4.30. The minimum Gasteiger partial charge on any atom is -0.423 e. The van der Waals surface area contributed by atoms with Crippen LogP contribution in [0.3, 0.4) is 0 Å². The van der Waals surface area contributed by atoms with Crippen molar-refractivity contribution in [2.24, 2.45) is 0 Å². The highest BCUT2D eigenvalue weighted by Gasteiger charge is 2.12. The van der Waals surface area contributed by atoms with Gasteiger partial charge < -0.3 is 4.74 Å². The van der Waals surface area contributed by atoms with Crippen LogP contribution in [0.1, 0.15) is 26.3 Å². The fourth-order valence-corrected chi connectivity index (χ4v) is 2.69. The number of carbonyl (C=O) groups excluding carboxylic acids is 2. The number of esters is 1. The van der Waals surface area contributed by atoms with Crippen molar-refractivity contribution in [3.8, 4) is 5.75 Å². The lowest BCUT2D eigenvalue weighted by Gasteiger charge is -2.06. The van der Waals surface area contributed by atoms with Crippen molar-refractivity contribution in [2.45, 2.75) is 0 Å². The fraction of sp³-hybridized carbons (Fsp3) is 0. The summed E-state index contributed by atoms with van der Waals surface area (Å²) in [6.45, 7) is 0. The lowest BCUT2D eigenvalue weighted by atomic mass is 10.1. The highest BCUT2D eigenvalue weighted by atomic mass is 35.5. The Bertz CT molecular complexity index is 1010. The molecule has 0 aliphatic heterocycles. The van der Waals surface area contributed by atoms with E-state index in [0.717, 1.165) is 5.56 Å². The summed E-state index contributed by atoms with van der Waals surface area (Å²) in [6, 6.07) is 20.2. The Morgan fingerprint density at radius 1 is 0.852 bits per heavy atom. The number of ether oxygens (including phenoxy) is 1. The van der Waals surface area contributed by atoms with Gasteiger partial charge in [-0.2, -0.15) is 0 Å². The molecule has 3 nitrogen and oxygen atoms in total. The summed E-state index contributed by atoms with van der Waals surface area (Å²) in [5, 5.41) is 0.899. The van der Waals surface area contributed by atoms with Gasteiger partial charge in [0.15, 0.2) is 5.78 Å². The average Bonchev–Trinajstić information content (AvgIpc) is 2.67. The van der Waals surface area contributed by atoms with E-state index in [-0.39, 0.29) is 11.3 Å². The van der Waals surface area contributed by atoms with Crippen molar-refractivity contribution in [3.63, 3.8) is 0 Å². The molecule has 0 saturated heterocycles. The van der Waals surface area contributed by atoms with E-state index in [2.05, 4.69) is 0 Å². The molecule has 0 bridgehead atoms. The van der Waals surface area contributed by atoms with Crippen LogP contribution in [0.25, 0.3) is 6.08 Å². The van der Waals surface area contributed by atoms with Gasteiger partial charge in [-0.05, 0) is 60.2 Å². The highest BCUT2D eigenvalue weighted by molar-refractivity contribution is 6.33. The molecule has 3 rings (SSSR count). The molecule has 134 valence electrons. The van der Waals surface area contributed by atoms with Gasteiger partial charge in [0.1, 0.15) is 5.75 Å². The Kier molecular flexibility index (Phi) is 6.07. The Morgan fingerprint density at radius 2 is 1.59 bits per heavy atom. The molecular weight excluding hydrogens is 383 g/mol. The molecule has 0 N–H and O–H groups in total. The Balaban J connectivity index is 1.72. The van der Waals surface area contributed by atoms with E-state index in [1.165, 1.54) is 6.08 Å². The van der Waals surface area contributed by atoms with E-state index in [9.17, 15) is 9.59 Å². The second-order valence-electron chi connectivity index (χ2n) is 5.65. The number of allylic oxidation sites excluding steroid dienone is 1. The first-order valence-corrected chi connectivity index (χ1v) is 8.83. The molecule has 0 atom stereocenters. The molecule has 0 spiro atoms. The first-order chi connectivity index (χ1) is 13.0. The predicted molar refractivity (Wildman–Crippen MR) is 108 cm³/mol. The van der Waals surface area contributed by atoms with Gasteiger partial charge in [0.05, 0.1) is 10.6 Å². The summed E-state index contributed by atoms with van der Waals surface area (Å²) >= 11 is 11.8. The zero-order chi connectivity index (χ0) is 19.2. The van der Waals surface area contributed by atoms with Gasteiger partial charge in [-0.25, -0.2) is 4.79 Å². The average molecular weight is 397 g/mol. The molecule has 0 fully saturated rings. The van der Waals surface area contributed by atoms with Gasteiger partial charge in [0.2, 0.25) is 0 Å². The number of hydrogen-bond donors (Lipinski definition) is 0. The van der Waals surface area contributed by atoms with Crippen molar-refractivity contribution < 1.29 is 14.3 Å². The van der Waals surface area contributed by atoms with E-state index in [0.29, 0.717) is 21.4 Å². The molecule has 0 amide bonds. The standard InChI is InChI=1S/C22H14Cl2O3/c23-17-11-9-16(10-12-17)21(25)13-8-15-4-3-5-18(14-15)27-22(26)19-6-1-2-7-20(19)24/h1-14H/b13-8+. The maximum Gasteiger partial charge on any atom is 0.345 e. The van der Waals surface area contributed by atoms with Crippen LogP contribution in [-0.4, -0.2) is 11.8 Å². The van der Waals surface area contributed by atoms with Crippen molar-refractivity contribution in [3.05, 3.63) is 106 Å². The SMILES string of the molecule is O=C(/C=C/c1cccc(OC(=O)c2ccccc2Cl)c1)c1ccc(Cl)cc1. The van der Waals surface area contributed by atoms with Crippen LogP contribution in [0.15, 0.2) is 78.9 Å². The number of halogens is 2. The third kappa shape index (κ3) is 5.07. The summed E-state index contributed by atoms with van der Waals surface area (Å²) in [5.74, 6) is -0.329. The second-order valence-corrected chi connectivity index (χ2v) is 6.49. The van der Waals surface area contributed by atoms with Gasteiger partial charge in [0, 0.05) is 10.6 Å². The predicted octanol–water partition coefficient (Wildman–Crippen LogP) is 6.11. The summed E-state index contributed by atoms with van der Waals surface area (Å²) in [5.41, 5.74) is 1.55. The van der Waals surface area contributed by atoms with Crippen LogP contribution < -0.4 is 4.74 Å². The summed E-state index contributed by atoms with van der Waals surface area (Å²) in [7, 11) is 0. The molecule has 27 heavy (non-hydrogen) atoms. The van der Waals surface area contributed by atoms with Gasteiger partial charge in [-0.15, -0.1) is 0 Å². The Hall–Kier alpha value is -2.88. The number of ketones is 1. The van der Waals surface area contributed by atoms with Crippen LogP contribution in [0, 0.1) is 0 Å². The van der Waals surface area contributed by atoms with E-state index in [4.69, 9.17) is 27.9 Å². The zero-order valence-electron chi connectivity index (χ0n) is 14.1. The van der Waals surface area contributed by atoms with Crippen LogP contribution >= 0.6 is 23.2 Å². The molecule has 0 aromatic heterocycles. The minimum absolute atomic E-state index is 0.148. The lowest BCUT2D eigenvalue weighted by molar-refractivity contribution is 0.0734. The zero-order valence-corrected chi connectivity index (χ0v) is 15.6.